The minimum absolute atomic E-state index is 0.101. The van der Waals surface area contributed by atoms with E-state index in [0.29, 0.717) is 25.2 Å². The van der Waals surface area contributed by atoms with E-state index < -0.39 is 17.3 Å². The summed E-state index contributed by atoms with van der Waals surface area (Å²) in [6, 6.07) is 18.8. The average molecular weight is 505 g/mol. The smallest absolute Gasteiger partial charge is 0.433 e. The third-order valence-electron chi connectivity index (χ3n) is 5.00. The van der Waals surface area contributed by atoms with Crippen molar-refractivity contribution < 1.29 is 32.6 Å². The minimum Gasteiger partial charge on any atom is -0.508 e. The maximum absolute atomic E-state index is 12.4. The highest BCUT2D eigenvalue weighted by Gasteiger charge is 2.33. The number of aromatic nitrogens is 1. The lowest BCUT2D eigenvalue weighted by Gasteiger charge is -2.21. The van der Waals surface area contributed by atoms with Crippen LogP contribution >= 0.6 is 0 Å². The van der Waals surface area contributed by atoms with Crippen molar-refractivity contribution in [1.82, 2.24) is 4.98 Å². The number of amides is 1. The van der Waals surface area contributed by atoms with Crippen LogP contribution in [0.1, 0.15) is 44.0 Å². The van der Waals surface area contributed by atoms with Gasteiger partial charge in [-0.25, -0.2) is 0 Å². The molecule has 3 rings (SSSR count). The van der Waals surface area contributed by atoms with Crippen molar-refractivity contribution in [2.45, 2.75) is 46.9 Å². The van der Waals surface area contributed by atoms with E-state index in [1.807, 2.05) is 56.3 Å². The Hall–Kier alpha value is -3.88. The molecule has 1 heterocycles. The van der Waals surface area contributed by atoms with Crippen LogP contribution in [-0.4, -0.2) is 22.5 Å². The molecular formula is C27H31F3N2O4. The van der Waals surface area contributed by atoms with Crippen LogP contribution in [0.5, 0.6) is 5.75 Å². The first kappa shape index (κ1) is 30.2. The van der Waals surface area contributed by atoms with Crippen molar-refractivity contribution >= 4 is 18.1 Å². The molecule has 0 radical (unpaired) electrons. The number of aromatic hydroxyl groups is 1. The zero-order chi connectivity index (χ0) is 27.2. The van der Waals surface area contributed by atoms with Crippen molar-refractivity contribution in [2.75, 3.05) is 5.32 Å². The average Bonchev–Trinajstić information content (AvgIpc) is 2.85. The Morgan fingerprint density at radius 3 is 2.17 bits per heavy atom. The minimum atomic E-state index is -4.51. The van der Waals surface area contributed by atoms with Crippen LogP contribution in [0.3, 0.4) is 0 Å². The third kappa shape index (κ3) is 11.5. The van der Waals surface area contributed by atoms with Gasteiger partial charge in [-0.1, -0.05) is 68.8 Å². The molecule has 0 atom stereocenters. The lowest BCUT2D eigenvalue weighted by Crippen LogP contribution is -2.30. The molecule has 0 aliphatic heterocycles. The summed E-state index contributed by atoms with van der Waals surface area (Å²) in [7, 11) is 0. The van der Waals surface area contributed by atoms with Crippen LogP contribution in [0.15, 0.2) is 72.9 Å². The van der Waals surface area contributed by atoms with Gasteiger partial charge in [0.2, 0.25) is 5.91 Å². The Bertz CT molecular complexity index is 1050. The summed E-state index contributed by atoms with van der Waals surface area (Å²) in [6.07, 6.45) is -2.89. The van der Waals surface area contributed by atoms with Crippen LogP contribution < -0.4 is 5.32 Å². The molecule has 0 spiro atoms. The van der Waals surface area contributed by atoms with Crippen LogP contribution in [0.2, 0.25) is 0 Å². The van der Waals surface area contributed by atoms with Crippen LogP contribution in [0.25, 0.3) is 0 Å². The monoisotopic (exact) mass is 504 g/mol. The SMILES string of the molecule is CCC(C)(C)C(=O)Nc1ccnc(C(F)(F)F)c1.Cc1ccc(O)cc1.O=COCc1ccccc1. The lowest BCUT2D eigenvalue weighted by atomic mass is 9.89. The molecule has 2 N–H and O–H groups in total. The lowest BCUT2D eigenvalue weighted by molar-refractivity contribution is -0.141. The Balaban J connectivity index is 0.000000301. The largest absolute Gasteiger partial charge is 0.508 e. The summed E-state index contributed by atoms with van der Waals surface area (Å²) >= 11 is 0. The fraction of sp³-hybridized carbons (Fsp3) is 0.296. The number of carbonyl (C=O) groups excluding carboxylic acids is 2. The highest BCUT2D eigenvalue weighted by atomic mass is 19.4. The number of hydrogen-bond donors (Lipinski definition) is 2. The number of benzene rings is 2. The van der Waals surface area contributed by atoms with Crippen molar-refractivity contribution in [2.24, 2.45) is 5.41 Å². The van der Waals surface area contributed by atoms with E-state index in [4.69, 9.17) is 5.11 Å². The molecule has 0 unspecified atom stereocenters. The second-order valence-corrected chi connectivity index (χ2v) is 8.35. The molecule has 1 amide bonds. The van der Waals surface area contributed by atoms with E-state index in [0.717, 1.165) is 17.8 Å². The van der Waals surface area contributed by atoms with Gasteiger partial charge in [-0.3, -0.25) is 14.6 Å². The Kier molecular flexibility index (Phi) is 12.1. The molecule has 1 aromatic heterocycles. The van der Waals surface area contributed by atoms with E-state index in [2.05, 4.69) is 15.0 Å². The molecule has 0 saturated carbocycles. The number of rotatable bonds is 6. The summed E-state index contributed by atoms with van der Waals surface area (Å²) in [5.41, 5.74) is 0.637. The van der Waals surface area contributed by atoms with E-state index in [1.54, 1.807) is 26.0 Å². The second-order valence-electron chi connectivity index (χ2n) is 8.35. The molecule has 0 aliphatic carbocycles. The first-order valence-electron chi connectivity index (χ1n) is 11.1. The quantitative estimate of drug-likeness (QED) is 0.373. The van der Waals surface area contributed by atoms with Crippen molar-refractivity contribution in [3.05, 3.63) is 89.7 Å². The van der Waals surface area contributed by atoms with Crippen molar-refractivity contribution in [3.63, 3.8) is 0 Å². The molecular weight excluding hydrogens is 473 g/mol. The number of alkyl halides is 3. The predicted molar refractivity (Wildman–Crippen MR) is 132 cm³/mol. The number of nitrogens with one attached hydrogen (secondary N) is 1. The number of pyridine rings is 1. The summed E-state index contributed by atoms with van der Waals surface area (Å²) in [4.78, 5) is 24.8. The van der Waals surface area contributed by atoms with Crippen LogP contribution in [-0.2, 0) is 27.1 Å². The standard InChI is InChI=1S/C12H15F3N2O.C8H8O2.C7H8O/c1-4-11(2,3)10(18)17-8-5-6-16-9(7-8)12(13,14)15;9-7-10-6-8-4-2-1-3-5-8;1-6-2-4-7(8)5-3-6/h5-7H,4H2,1-3H3,(H,16,17,18);1-5,7H,6H2;2-5,8H,1H3. The summed E-state index contributed by atoms with van der Waals surface area (Å²) in [6.45, 7) is 8.10. The molecule has 3 aromatic rings. The van der Waals surface area contributed by atoms with Crippen molar-refractivity contribution in [3.8, 4) is 5.75 Å². The van der Waals surface area contributed by atoms with Gasteiger partial charge in [0.25, 0.3) is 6.47 Å². The first-order valence-corrected chi connectivity index (χ1v) is 11.1. The van der Waals surface area contributed by atoms with Gasteiger partial charge in [0, 0.05) is 17.3 Å². The van der Waals surface area contributed by atoms with Crippen molar-refractivity contribution in [1.29, 1.82) is 0 Å². The van der Waals surface area contributed by atoms with Crippen LogP contribution in [0.4, 0.5) is 18.9 Å². The molecule has 0 fully saturated rings. The Morgan fingerprint density at radius 2 is 1.67 bits per heavy atom. The predicted octanol–water partition coefficient (Wildman–Crippen LogP) is 6.54. The zero-order valence-corrected chi connectivity index (χ0v) is 20.7. The number of anilines is 1. The van der Waals surface area contributed by atoms with Gasteiger partial charge in [0.15, 0.2) is 0 Å². The van der Waals surface area contributed by atoms with Gasteiger partial charge in [0.05, 0.1) is 0 Å². The maximum atomic E-state index is 12.4. The molecule has 9 heteroatoms. The van der Waals surface area contributed by atoms with Gasteiger partial charge in [0.1, 0.15) is 18.1 Å². The van der Waals surface area contributed by atoms with Gasteiger partial charge in [-0.15, -0.1) is 0 Å². The van der Waals surface area contributed by atoms with Gasteiger partial charge in [-0.05, 0) is 43.2 Å². The molecule has 0 bridgehead atoms. The molecule has 2 aromatic carbocycles. The van der Waals surface area contributed by atoms with Gasteiger partial charge in [-0.2, -0.15) is 13.2 Å². The highest BCUT2D eigenvalue weighted by Crippen LogP contribution is 2.29. The second kappa shape index (κ2) is 14.5. The fourth-order valence-corrected chi connectivity index (χ4v) is 2.37. The molecule has 194 valence electrons. The number of hydrogen-bond acceptors (Lipinski definition) is 5. The van der Waals surface area contributed by atoms with Gasteiger partial charge < -0.3 is 15.2 Å². The number of carbonyl (C=O) groups is 2. The topological polar surface area (TPSA) is 88.5 Å². The highest BCUT2D eigenvalue weighted by molar-refractivity contribution is 5.94. The number of nitrogens with zero attached hydrogens (tertiary/aromatic N) is 1. The van der Waals surface area contributed by atoms with E-state index in [-0.39, 0.29) is 11.6 Å². The molecule has 6 nitrogen and oxygen atoms in total. The molecule has 36 heavy (non-hydrogen) atoms. The number of ether oxygens (including phenoxy) is 1. The van der Waals surface area contributed by atoms with Gasteiger partial charge >= 0.3 is 6.18 Å². The molecule has 0 aliphatic rings. The number of phenols is 1. The summed E-state index contributed by atoms with van der Waals surface area (Å²) in [5, 5.41) is 11.2. The van der Waals surface area contributed by atoms with E-state index >= 15 is 0 Å². The Morgan fingerprint density at radius 1 is 1.06 bits per heavy atom. The third-order valence-corrected chi connectivity index (χ3v) is 5.00. The first-order chi connectivity index (χ1) is 16.9. The van der Waals surface area contributed by atoms with E-state index in [1.165, 1.54) is 11.6 Å². The molecule has 0 saturated heterocycles. The summed E-state index contributed by atoms with van der Waals surface area (Å²) in [5.74, 6) is 0.0138. The maximum Gasteiger partial charge on any atom is 0.433 e. The van der Waals surface area contributed by atoms with Crippen LogP contribution in [0, 0.1) is 12.3 Å². The van der Waals surface area contributed by atoms with E-state index in [9.17, 15) is 22.8 Å². The number of aryl methyl sites for hydroxylation is 1. The number of halogens is 3. The zero-order valence-electron chi connectivity index (χ0n) is 20.7. The fourth-order valence-electron chi connectivity index (χ4n) is 2.37. The summed E-state index contributed by atoms with van der Waals surface area (Å²) < 4.78 is 41.8. The Labute approximate surface area is 209 Å². The normalized spacial score (nSPS) is 10.6. The number of phenolic OH excluding ortho intramolecular Hbond substituents is 1.